The van der Waals surface area contributed by atoms with Crippen molar-refractivity contribution < 1.29 is 4.74 Å². The molecule has 2 aromatic heterocycles. The van der Waals surface area contributed by atoms with Gasteiger partial charge in [-0.2, -0.15) is 5.10 Å². The topological polar surface area (TPSA) is 64.9 Å². The molecule has 4 aromatic rings. The minimum Gasteiger partial charge on any atom is -0.356 e. The highest BCUT2D eigenvalue weighted by Gasteiger charge is 2.18. The first-order valence-electron chi connectivity index (χ1n) is 10.7. The Bertz CT molecular complexity index is 1190. The van der Waals surface area contributed by atoms with Gasteiger partial charge in [0.2, 0.25) is 0 Å². The number of benzene rings is 2. The number of aromatic nitrogens is 4. The maximum Gasteiger partial charge on any atom is 0.153 e. The number of anilines is 2. The number of fused-ring (bicyclic) bond motifs is 1. The first-order valence-corrected chi connectivity index (χ1v) is 10.7. The van der Waals surface area contributed by atoms with Crippen LogP contribution in [0.3, 0.4) is 0 Å². The Morgan fingerprint density at radius 3 is 2.68 bits per heavy atom. The summed E-state index contributed by atoms with van der Waals surface area (Å²) in [5.74, 6) is 0.722. The van der Waals surface area contributed by atoms with E-state index in [0.717, 1.165) is 53.1 Å². The van der Waals surface area contributed by atoms with Gasteiger partial charge in [0, 0.05) is 17.7 Å². The summed E-state index contributed by atoms with van der Waals surface area (Å²) in [5, 5.41) is 17.5. The van der Waals surface area contributed by atoms with E-state index in [-0.39, 0.29) is 6.23 Å². The first kappa shape index (κ1) is 19.5. The number of nitrogens with one attached hydrogen (secondary N) is 1. The summed E-state index contributed by atoms with van der Waals surface area (Å²) < 4.78 is 7.89. The average molecular weight is 412 g/mol. The van der Waals surface area contributed by atoms with E-state index in [2.05, 4.69) is 57.9 Å². The molecule has 1 unspecified atom stereocenters. The van der Waals surface area contributed by atoms with Crippen molar-refractivity contribution in [1.29, 1.82) is 0 Å². The van der Waals surface area contributed by atoms with Gasteiger partial charge in [-0.05, 0) is 74.2 Å². The molecule has 1 N–H and O–H groups in total. The van der Waals surface area contributed by atoms with Crippen molar-refractivity contribution in [1.82, 2.24) is 20.0 Å². The summed E-state index contributed by atoms with van der Waals surface area (Å²) in [6.07, 6.45) is 9.32. The predicted molar refractivity (Wildman–Crippen MR) is 124 cm³/mol. The van der Waals surface area contributed by atoms with Gasteiger partial charge in [-0.25, -0.2) is 4.68 Å². The van der Waals surface area contributed by atoms with E-state index in [1.54, 1.807) is 0 Å². The van der Waals surface area contributed by atoms with E-state index in [9.17, 15) is 0 Å². The SMILES string of the molecule is Cc1ccc(Nc2ccc(/C=C/c3ccc4c(cnn4C4CCCCO4)c3)nn2)cc1. The molecule has 5 rings (SSSR count). The number of aryl methyl sites for hydroxylation is 1. The highest BCUT2D eigenvalue weighted by Crippen LogP contribution is 2.27. The van der Waals surface area contributed by atoms with Crippen molar-refractivity contribution in [2.45, 2.75) is 32.4 Å². The summed E-state index contributed by atoms with van der Waals surface area (Å²) in [6, 6.07) is 18.4. The number of hydrogen-bond donors (Lipinski definition) is 1. The Labute approximate surface area is 181 Å². The standard InChI is InChI=1S/C25H25N5O/c1-18-5-9-21(10-6-18)27-24-14-12-22(28-29-24)11-7-19-8-13-23-20(16-19)17-26-30(23)25-4-2-3-15-31-25/h5-14,16-17,25H,2-4,15H2,1H3,(H,27,29)/b11-7+. The van der Waals surface area contributed by atoms with Crippen LogP contribution in [0.5, 0.6) is 0 Å². The maximum atomic E-state index is 5.88. The molecular weight excluding hydrogens is 386 g/mol. The van der Waals surface area contributed by atoms with Crippen molar-refractivity contribution in [2.75, 3.05) is 11.9 Å². The second kappa shape index (κ2) is 8.70. The Morgan fingerprint density at radius 1 is 1.00 bits per heavy atom. The zero-order chi connectivity index (χ0) is 21.0. The third-order valence-corrected chi connectivity index (χ3v) is 5.50. The van der Waals surface area contributed by atoms with Crippen LogP contribution in [0.1, 0.15) is 42.3 Å². The van der Waals surface area contributed by atoms with E-state index < -0.39 is 0 Å². The molecule has 1 atom stereocenters. The number of hydrogen-bond acceptors (Lipinski definition) is 5. The van der Waals surface area contributed by atoms with Gasteiger partial charge in [0.15, 0.2) is 12.0 Å². The predicted octanol–water partition coefficient (Wildman–Crippen LogP) is 5.75. The quantitative estimate of drug-likeness (QED) is 0.453. The van der Waals surface area contributed by atoms with Crippen LogP contribution in [-0.2, 0) is 4.74 Å². The molecule has 0 saturated carbocycles. The molecule has 0 spiro atoms. The smallest absolute Gasteiger partial charge is 0.153 e. The van der Waals surface area contributed by atoms with Gasteiger partial charge in [0.1, 0.15) is 0 Å². The zero-order valence-electron chi connectivity index (χ0n) is 17.5. The molecule has 3 heterocycles. The van der Waals surface area contributed by atoms with Crippen LogP contribution < -0.4 is 5.32 Å². The van der Waals surface area contributed by atoms with Crippen LogP contribution in [0.2, 0.25) is 0 Å². The fourth-order valence-electron chi connectivity index (χ4n) is 3.79. The highest BCUT2D eigenvalue weighted by molar-refractivity contribution is 5.83. The fourth-order valence-corrected chi connectivity index (χ4v) is 3.79. The number of ether oxygens (including phenoxy) is 1. The molecule has 1 aliphatic heterocycles. The lowest BCUT2D eigenvalue weighted by atomic mass is 10.1. The molecule has 2 aromatic carbocycles. The van der Waals surface area contributed by atoms with Crippen molar-refractivity contribution in [3.8, 4) is 0 Å². The van der Waals surface area contributed by atoms with E-state index in [1.165, 1.54) is 12.0 Å². The molecule has 31 heavy (non-hydrogen) atoms. The molecule has 1 saturated heterocycles. The van der Waals surface area contributed by atoms with Crippen molar-refractivity contribution in [3.63, 3.8) is 0 Å². The fraction of sp³-hybridized carbons (Fsp3) is 0.240. The summed E-state index contributed by atoms with van der Waals surface area (Å²) >= 11 is 0. The van der Waals surface area contributed by atoms with Crippen LogP contribution in [0.15, 0.2) is 60.8 Å². The minimum absolute atomic E-state index is 0.0509. The van der Waals surface area contributed by atoms with Crippen LogP contribution in [0, 0.1) is 6.92 Å². The van der Waals surface area contributed by atoms with Crippen molar-refractivity contribution in [3.05, 3.63) is 77.6 Å². The molecule has 0 amide bonds. The molecule has 6 heteroatoms. The van der Waals surface area contributed by atoms with E-state index in [0.29, 0.717) is 0 Å². The zero-order valence-corrected chi connectivity index (χ0v) is 17.5. The van der Waals surface area contributed by atoms with Gasteiger partial charge in [-0.1, -0.05) is 29.8 Å². The van der Waals surface area contributed by atoms with Gasteiger partial charge in [0.05, 0.1) is 17.4 Å². The monoisotopic (exact) mass is 411 g/mol. The largest absolute Gasteiger partial charge is 0.356 e. The lowest BCUT2D eigenvalue weighted by Crippen LogP contribution is -2.18. The van der Waals surface area contributed by atoms with Gasteiger partial charge < -0.3 is 10.1 Å². The minimum atomic E-state index is 0.0509. The summed E-state index contributed by atoms with van der Waals surface area (Å²) in [7, 11) is 0. The van der Waals surface area contributed by atoms with E-state index >= 15 is 0 Å². The van der Waals surface area contributed by atoms with Crippen molar-refractivity contribution in [2.24, 2.45) is 0 Å². The van der Waals surface area contributed by atoms with Crippen LogP contribution >= 0.6 is 0 Å². The molecule has 0 aliphatic carbocycles. The first-order chi connectivity index (χ1) is 15.2. The Morgan fingerprint density at radius 2 is 1.90 bits per heavy atom. The lowest BCUT2D eigenvalue weighted by Gasteiger charge is -2.23. The molecule has 6 nitrogen and oxygen atoms in total. The second-order valence-electron chi connectivity index (χ2n) is 7.90. The van der Waals surface area contributed by atoms with Crippen LogP contribution in [0.4, 0.5) is 11.5 Å². The van der Waals surface area contributed by atoms with Gasteiger partial charge in [-0.15, -0.1) is 10.2 Å². The summed E-state index contributed by atoms with van der Waals surface area (Å²) in [4.78, 5) is 0. The Kier molecular flexibility index (Phi) is 5.46. The third kappa shape index (κ3) is 4.49. The second-order valence-corrected chi connectivity index (χ2v) is 7.90. The van der Waals surface area contributed by atoms with E-state index in [1.807, 2.05) is 47.3 Å². The van der Waals surface area contributed by atoms with Gasteiger partial charge in [-0.3, -0.25) is 0 Å². The van der Waals surface area contributed by atoms with Crippen molar-refractivity contribution >= 4 is 34.6 Å². The van der Waals surface area contributed by atoms with Crippen LogP contribution in [0.25, 0.3) is 23.1 Å². The highest BCUT2D eigenvalue weighted by atomic mass is 16.5. The number of rotatable bonds is 5. The molecule has 156 valence electrons. The Balaban J connectivity index is 1.28. The normalized spacial score (nSPS) is 16.7. The Hall–Kier alpha value is -3.51. The molecule has 0 bridgehead atoms. The molecule has 0 radical (unpaired) electrons. The molecular formula is C25H25N5O. The average Bonchev–Trinajstić information content (AvgIpc) is 3.24. The van der Waals surface area contributed by atoms with Crippen LogP contribution in [-0.4, -0.2) is 26.6 Å². The summed E-state index contributed by atoms with van der Waals surface area (Å²) in [5.41, 5.74) is 5.23. The number of nitrogens with zero attached hydrogens (tertiary/aromatic N) is 4. The lowest BCUT2D eigenvalue weighted by molar-refractivity contribution is -0.0366. The van der Waals surface area contributed by atoms with Gasteiger partial charge >= 0.3 is 0 Å². The van der Waals surface area contributed by atoms with Gasteiger partial charge in [0.25, 0.3) is 0 Å². The molecule has 1 aliphatic rings. The maximum absolute atomic E-state index is 5.88. The third-order valence-electron chi connectivity index (χ3n) is 5.50. The van der Waals surface area contributed by atoms with E-state index in [4.69, 9.17) is 4.74 Å². The summed E-state index contributed by atoms with van der Waals surface area (Å²) in [6.45, 7) is 2.88. The molecule has 1 fully saturated rings.